The average Bonchev–Trinajstić information content (AvgIpc) is 3.49. The van der Waals surface area contributed by atoms with Crippen molar-refractivity contribution >= 4 is 23.3 Å². The summed E-state index contributed by atoms with van der Waals surface area (Å²) in [4.78, 5) is 22.1. The van der Waals surface area contributed by atoms with E-state index in [0.717, 1.165) is 69.4 Å². The van der Waals surface area contributed by atoms with E-state index in [1.165, 1.54) is 5.56 Å². The van der Waals surface area contributed by atoms with Gasteiger partial charge in [-0.2, -0.15) is 31.4 Å². The van der Waals surface area contributed by atoms with E-state index in [1.807, 2.05) is 11.6 Å². The van der Waals surface area contributed by atoms with Crippen LogP contribution in [0.2, 0.25) is 0 Å². The molecule has 1 atom stereocenters. The Balaban J connectivity index is 0.000000301. The van der Waals surface area contributed by atoms with E-state index in [4.69, 9.17) is 34.4 Å². The SMILES string of the molecule is O=C(O)C(F)(F)F.O=C(O)C(F)(F)F.c1csc(CNCC2OCCc3cn(CC4CCOCC4)nc32)n1. The maximum atomic E-state index is 10.6. The monoisotopic (exact) mass is 576 g/mol. The lowest BCUT2D eigenvalue weighted by Gasteiger charge is -2.22. The van der Waals surface area contributed by atoms with Crippen LogP contribution in [0.15, 0.2) is 17.8 Å². The second-order valence-corrected chi connectivity index (χ2v) is 9.07. The Hall–Kier alpha value is -2.76. The number of carboxylic acids is 2. The van der Waals surface area contributed by atoms with E-state index in [0.29, 0.717) is 5.92 Å². The van der Waals surface area contributed by atoms with Crippen molar-refractivity contribution in [3.05, 3.63) is 34.0 Å². The highest BCUT2D eigenvalue weighted by molar-refractivity contribution is 7.09. The van der Waals surface area contributed by atoms with Crippen LogP contribution in [0.25, 0.3) is 0 Å². The molecule has 3 N–H and O–H groups in total. The molecule has 2 aliphatic heterocycles. The van der Waals surface area contributed by atoms with Gasteiger partial charge in [0.2, 0.25) is 0 Å². The van der Waals surface area contributed by atoms with Gasteiger partial charge in [-0.25, -0.2) is 14.6 Å². The van der Waals surface area contributed by atoms with Crippen LogP contribution in [0.4, 0.5) is 26.3 Å². The summed E-state index contributed by atoms with van der Waals surface area (Å²) < 4.78 is 77.0. The minimum absolute atomic E-state index is 0.0460. The number of nitrogens with zero attached hydrogens (tertiary/aromatic N) is 3. The topological polar surface area (TPSA) is 136 Å². The van der Waals surface area contributed by atoms with Gasteiger partial charge in [-0.05, 0) is 30.7 Å². The molecule has 2 aromatic rings. The minimum atomic E-state index is -5.08. The number of thiazole rings is 1. The van der Waals surface area contributed by atoms with Gasteiger partial charge >= 0.3 is 24.3 Å². The Morgan fingerprint density at radius 3 is 2.21 bits per heavy atom. The van der Waals surface area contributed by atoms with Crippen molar-refractivity contribution in [2.75, 3.05) is 26.4 Å². The van der Waals surface area contributed by atoms with Crippen molar-refractivity contribution in [1.29, 1.82) is 0 Å². The third kappa shape index (κ3) is 10.9. The average molecular weight is 577 g/mol. The molecule has 0 amide bonds. The van der Waals surface area contributed by atoms with Gasteiger partial charge < -0.3 is 25.0 Å². The minimum Gasteiger partial charge on any atom is -0.475 e. The van der Waals surface area contributed by atoms with Gasteiger partial charge in [0, 0.05) is 50.6 Å². The zero-order chi connectivity index (χ0) is 28.3. The number of alkyl halides is 6. The molecule has 4 heterocycles. The van der Waals surface area contributed by atoms with Crippen LogP contribution in [0.5, 0.6) is 0 Å². The molecule has 0 bridgehead atoms. The molecule has 10 nitrogen and oxygen atoms in total. The van der Waals surface area contributed by atoms with Crippen LogP contribution in [-0.2, 0) is 38.6 Å². The normalized spacial score (nSPS) is 17.9. The zero-order valence-electron chi connectivity index (χ0n) is 19.8. The molecule has 214 valence electrons. The molecule has 1 saturated heterocycles. The highest BCUT2D eigenvalue weighted by atomic mass is 32.1. The van der Waals surface area contributed by atoms with Gasteiger partial charge in [-0.15, -0.1) is 11.3 Å². The fraction of sp³-hybridized carbons (Fsp3) is 0.619. The molecule has 2 aliphatic rings. The summed E-state index contributed by atoms with van der Waals surface area (Å²) in [6.45, 7) is 5.11. The first kappa shape index (κ1) is 31.5. The largest absolute Gasteiger partial charge is 0.490 e. The van der Waals surface area contributed by atoms with Crippen molar-refractivity contribution in [3.63, 3.8) is 0 Å². The standard InChI is InChI=1S/C17H24N4O2S.2C2HF3O2/c1-5-22-6-2-13(1)11-21-12-14-3-7-23-15(17(14)20-21)9-18-10-16-19-4-8-24-16;2*3-2(4,5)1(6)7/h4,8,12-13,15,18H,1-3,5-7,9-11H2;2*(H,6,7). The number of rotatable bonds is 6. The molecule has 1 unspecified atom stereocenters. The van der Waals surface area contributed by atoms with Crippen LogP contribution < -0.4 is 5.32 Å². The Kier molecular flexibility index (Phi) is 11.9. The molecule has 2 aromatic heterocycles. The van der Waals surface area contributed by atoms with Crippen molar-refractivity contribution in [2.45, 2.75) is 50.8 Å². The van der Waals surface area contributed by atoms with E-state index in [2.05, 4.69) is 21.2 Å². The molecule has 0 radical (unpaired) electrons. The van der Waals surface area contributed by atoms with Gasteiger partial charge in [-0.1, -0.05) is 0 Å². The van der Waals surface area contributed by atoms with Crippen LogP contribution in [-0.4, -0.2) is 75.6 Å². The number of carbonyl (C=O) groups is 2. The summed E-state index contributed by atoms with van der Waals surface area (Å²) in [5, 5.41) is 25.6. The van der Waals surface area contributed by atoms with Crippen LogP contribution in [0.1, 0.15) is 35.2 Å². The molecule has 1 fully saturated rings. The zero-order valence-corrected chi connectivity index (χ0v) is 20.6. The van der Waals surface area contributed by atoms with Gasteiger partial charge in [0.05, 0.1) is 12.3 Å². The number of hydrogen-bond donors (Lipinski definition) is 3. The smallest absolute Gasteiger partial charge is 0.475 e. The Bertz CT molecular complexity index is 985. The Morgan fingerprint density at radius 2 is 1.68 bits per heavy atom. The summed E-state index contributed by atoms with van der Waals surface area (Å²) in [6, 6.07) is 0. The second-order valence-electron chi connectivity index (χ2n) is 8.09. The highest BCUT2D eigenvalue weighted by Crippen LogP contribution is 2.26. The third-order valence-electron chi connectivity index (χ3n) is 5.23. The van der Waals surface area contributed by atoms with Crippen molar-refractivity contribution in [3.8, 4) is 0 Å². The van der Waals surface area contributed by atoms with Crippen LogP contribution in [0, 0.1) is 5.92 Å². The first-order chi connectivity index (χ1) is 17.8. The van der Waals surface area contributed by atoms with Crippen molar-refractivity contribution in [1.82, 2.24) is 20.1 Å². The number of halogens is 6. The molecule has 0 saturated carbocycles. The number of hydrogen-bond acceptors (Lipinski definition) is 8. The van der Waals surface area contributed by atoms with E-state index < -0.39 is 24.3 Å². The Labute approximate surface area is 216 Å². The summed E-state index contributed by atoms with van der Waals surface area (Å²) >= 11 is 1.67. The fourth-order valence-electron chi connectivity index (χ4n) is 3.42. The number of aliphatic carboxylic acids is 2. The maximum absolute atomic E-state index is 10.6. The molecule has 0 spiro atoms. The van der Waals surface area contributed by atoms with Gasteiger partial charge in [-0.3, -0.25) is 4.68 Å². The number of fused-ring (bicyclic) bond motifs is 1. The summed E-state index contributed by atoms with van der Waals surface area (Å²) in [5.74, 6) is -4.83. The van der Waals surface area contributed by atoms with Crippen LogP contribution in [0.3, 0.4) is 0 Å². The first-order valence-corrected chi connectivity index (χ1v) is 12.1. The van der Waals surface area contributed by atoms with E-state index >= 15 is 0 Å². The maximum Gasteiger partial charge on any atom is 0.490 e. The molecule has 0 aliphatic carbocycles. The van der Waals surface area contributed by atoms with Crippen LogP contribution >= 0.6 is 11.3 Å². The van der Waals surface area contributed by atoms with Crippen molar-refractivity contribution < 1.29 is 55.6 Å². The van der Waals surface area contributed by atoms with E-state index in [9.17, 15) is 26.3 Å². The number of ether oxygens (including phenoxy) is 2. The van der Waals surface area contributed by atoms with Gasteiger partial charge in [0.15, 0.2) is 0 Å². The lowest BCUT2D eigenvalue weighted by molar-refractivity contribution is -0.193. The quantitative estimate of drug-likeness (QED) is 0.442. The van der Waals surface area contributed by atoms with E-state index in [-0.39, 0.29) is 6.10 Å². The second kappa shape index (κ2) is 14.4. The predicted molar refractivity (Wildman–Crippen MR) is 119 cm³/mol. The summed E-state index contributed by atoms with van der Waals surface area (Å²) in [7, 11) is 0. The molecule has 4 rings (SSSR count). The van der Waals surface area contributed by atoms with E-state index in [1.54, 1.807) is 11.3 Å². The molecule has 17 heteroatoms. The molecule has 38 heavy (non-hydrogen) atoms. The number of nitrogens with one attached hydrogen (secondary N) is 1. The number of carboxylic acid groups (broad SMARTS) is 2. The highest BCUT2D eigenvalue weighted by Gasteiger charge is 2.38. The third-order valence-corrected chi connectivity index (χ3v) is 6.01. The molecule has 0 aromatic carbocycles. The van der Waals surface area contributed by atoms with Gasteiger partial charge in [0.25, 0.3) is 0 Å². The fourth-order valence-corrected chi connectivity index (χ4v) is 4.01. The number of aromatic nitrogens is 3. The lowest BCUT2D eigenvalue weighted by Crippen LogP contribution is -2.27. The Morgan fingerprint density at radius 1 is 1.08 bits per heavy atom. The lowest BCUT2D eigenvalue weighted by atomic mass is 10.0. The molecular weight excluding hydrogens is 550 g/mol. The van der Waals surface area contributed by atoms with Gasteiger partial charge in [0.1, 0.15) is 11.1 Å². The summed E-state index contributed by atoms with van der Waals surface area (Å²) in [5.41, 5.74) is 2.45. The predicted octanol–water partition coefficient (Wildman–Crippen LogP) is 3.44. The van der Waals surface area contributed by atoms with Crippen molar-refractivity contribution in [2.24, 2.45) is 5.92 Å². The molecular formula is C21H26F6N4O6S. The first-order valence-electron chi connectivity index (χ1n) is 11.2. The summed E-state index contributed by atoms with van der Waals surface area (Å²) in [6.07, 6.45) is -2.81.